The van der Waals surface area contributed by atoms with Crippen molar-refractivity contribution < 1.29 is 10.0 Å². The average Bonchev–Trinajstić information content (AvgIpc) is 2.47. The smallest absolute Gasteiger partial charge is 0.229 e. The molecular formula is C14H21N3O2. The Hall–Kier alpha value is -2.04. The van der Waals surface area contributed by atoms with Crippen LogP contribution in [0.4, 0.5) is 0 Å². The molecule has 5 nitrogen and oxygen atoms in total. The van der Waals surface area contributed by atoms with E-state index in [1.807, 2.05) is 44.2 Å². The number of benzene rings is 1. The third-order valence-corrected chi connectivity index (χ3v) is 3.13. The van der Waals surface area contributed by atoms with E-state index in [1.165, 1.54) is 0 Å². The fraction of sp³-hybridized carbons (Fsp3) is 0.429. The number of carbonyl (C=O) groups excluding carboxylic acids is 1. The molecule has 104 valence electrons. The quantitative estimate of drug-likeness (QED) is 0.355. The second-order valence-electron chi connectivity index (χ2n) is 4.39. The Morgan fingerprint density at radius 3 is 2.58 bits per heavy atom. The minimum Gasteiger partial charge on any atom is -0.409 e. The van der Waals surface area contributed by atoms with Gasteiger partial charge >= 0.3 is 0 Å². The minimum absolute atomic E-state index is 0.0550. The van der Waals surface area contributed by atoms with Crippen LogP contribution in [0.5, 0.6) is 0 Å². The number of amidine groups is 1. The van der Waals surface area contributed by atoms with Gasteiger partial charge in [-0.05, 0) is 19.4 Å². The maximum Gasteiger partial charge on any atom is 0.229 e. The van der Waals surface area contributed by atoms with Crippen LogP contribution in [0.2, 0.25) is 0 Å². The van der Waals surface area contributed by atoms with Crippen LogP contribution in [-0.2, 0) is 4.79 Å². The molecule has 0 fully saturated rings. The van der Waals surface area contributed by atoms with Crippen LogP contribution in [0, 0.1) is 0 Å². The Morgan fingerprint density at radius 2 is 2.05 bits per heavy atom. The Morgan fingerprint density at radius 1 is 1.42 bits per heavy atom. The molecule has 0 aliphatic rings. The van der Waals surface area contributed by atoms with Gasteiger partial charge in [0.1, 0.15) is 5.84 Å². The zero-order valence-corrected chi connectivity index (χ0v) is 11.4. The Labute approximate surface area is 113 Å². The predicted molar refractivity (Wildman–Crippen MR) is 75.1 cm³/mol. The zero-order chi connectivity index (χ0) is 14.3. The van der Waals surface area contributed by atoms with Crippen LogP contribution in [0.3, 0.4) is 0 Å². The fourth-order valence-electron chi connectivity index (χ4n) is 1.88. The van der Waals surface area contributed by atoms with E-state index >= 15 is 0 Å². The molecule has 1 amide bonds. The van der Waals surface area contributed by atoms with Crippen LogP contribution in [0.15, 0.2) is 35.5 Å². The van der Waals surface area contributed by atoms with Gasteiger partial charge in [0.15, 0.2) is 0 Å². The molecule has 1 rings (SSSR count). The largest absolute Gasteiger partial charge is 0.409 e. The van der Waals surface area contributed by atoms with Crippen molar-refractivity contribution in [1.29, 1.82) is 0 Å². The number of nitrogens with zero attached hydrogens (tertiary/aromatic N) is 2. The van der Waals surface area contributed by atoms with Crippen molar-refractivity contribution in [3.63, 3.8) is 0 Å². The number of hydrogen-bond acceptors (Lipinski definition) is 3. The standard InChI is InChI=1S/C14H21N3O2/c1-3-17(10-9-13(15)16-19)14(18)11(2)12-7-5-4-6-8-12/h4-8,11,19H,3,9-10H2,1-2H3,(H2,15,16). The first kappa shape index (κ1) is 15.0. The lowest BCUT2D eigenvalue weighted by atomic mass is 10.00. The van der Waals surface area contributed by atoms with Gasteiger partial charge in [-0.25, -0.2) is 0 Å². The highest BCUT2D eigenvalue weighted by Gasteiger charge is 2.20. The van der Waals surface area contributed by atoms with Gasteiger partial charge in [0.05, 0.1) is 5.92 Å². The highest BCUT2D eigenvalue weighted by atomic mass is 16.4. The van der Waals surface area contributed by atoms with Gasteiger partial charge in [-0.15, -0.1) is 0 Å². The molecule has 3 N–H and O–H groups in total. The third kappa shape index (κ3) is 4.28. The van der Waals surface area contributed by atoms with Gasteiger partial charge in [-0.1, -0.05) is 35.5 Å². The number of carbonyl (C=O) groups is 1. The van der Waals surface area contributed by atoms with E-state index in [2.05, 4.69) is 5.16 Å². The summed E-state index contributed by atoms with van der Waals surface area (Å²) < 4.78 is 0. The van der Waals surface area contributed by atoms with Crippen molar-refractivity contribution >= 4 is 11.7 Å². The number of nitrogens with two attached hydrogens (primary N) is 1. The zero-order valence-electron chi connectivity index (χ0n) is 11.4. The maximum atomic E-state index is 12.4. The third-order valence-electron chi connectivity index (χ3n) is 3.13. The molecule has 1 aromatic rings. The van der Waals surface area contributed by atoms with Crippen LogP contribution < -0.4 is 5.73 Å². The monoisotopic (exact) mass is 263 g/mol. The molecule has 0 spiro atoms. The molecule has 0 bridgehead atoms. The molecule has 0 saturated heterocycles. The van der Waals surface area contributed by atoms with Crippen molar-refractivity contribution in [2.24, 2.45) is 10.9 Å². The number of hydrogen-bond donors (Lipinski definition) is 2. The van der Waals surface area contributed by atoms with Gasteiger partial charge in [-0.3, -0.25) is 4.79 Å². The number of likely N-dealkylation sites (N-methyl/N-ethyl adjacent to an activating group) is 1. The van der Waals surface area contributed by atoms with E-state index in [0.717, 1.165) is 5.56 Å². The van der Waals surface area contributed by atoms with Crippen molar-refractivity contribution in [3.05, 3.63) is 35.9 Å². The van der Waals surface area contributed by atoms with Crippen LogP contribution in [0.1, 0.15) is 31.7 Å². The van der Waals surface area contributed by atoms with E-state index in [1.54, 1.807) is 4.90 Å². The first-order valence-corrected chi connectivity index (χ1v) is 6.40. The second-order valence-corrected chi connectivity index (χ2v) is 4.39. The first-order chi connectivity index (χ1) is 9.10. The van der Waals surface area contributed by atoms with Crippen LogP contribution >= 0.6 is 0 Å². The topological polar surface area (TPSA) is 78.9 Å². The molecular weight excluding hydrogens is 242 g/mol. The molecule has 5 heteroatoms. The lowest BCUT2D eigenvalue weighted by Crippen LogP contribution is -2.36. The highest BCUT2D eigenvalue weighted by molar-refractivity contribution is 5.84. The lowest BCUT2D eigenvalue weighted by Gasteiger charge is -2.24. The van der Waals surface area contributed by atoms with Crippen molar-refractivity contribution in [3.8, 4) is 0 Å². The van der Waals surface area contributed by atoms with Gasteiger partial charge in [0.2, 0.25) is 5.91 Å². The molecule has 1 unspecified atom stereocenters. The number of amides is 1. The van der Waals surface area contributed by atoms with E-state index in [0.29, 0.717) is 19.5 Å². The normalized spacial score (nSPS) is 13.1. The fourth-order valence-corrected chi connectivity index (χ4v) is 1.88. The van der Waals surface area contributed by atoms with Gasteiger partial charge < -0.3 is 15.8 Å². The Balaban J connectivity index is 2.68. The van der Waals surface area contributed by atoms with Crippen LogP contribution in [0.25, 0.3) is 0 Å². The summed E-state index contributed by atoms with van der Waals surface area (Å²) >= 11 is 0. The van der Waals surface area contributed by atoms with Gasteiger partial charge in [-0.2, -0.15) is 0 Å². The summed E-state index contributed by atoms with van der Waals surface area (Å²) in [6.07, 6.45) is 0.373. The number of oxime groups is 1. The molecule has 0 radical (unpaired) electrons. The summed E-state index contributed by atoms with van der Waals surface area (Å²) in [5, 5.41) is 11.4. The Bertz CT molecular complexity index is 432. The molecule has 0 aliphatic carbocycles. The molecule has 1 atom stereocenters. The summed E-state index contributed by atoms with van der Waals surface area (Å²) in [7, 11) is 0. The van der Waals surface area contributed by atoms with E-state index < -0.39 is 0 Å². The van der Waals surface area contributed by atoms with E-state index in [-0.39, 0.29) is 17.7 Å². The predicted octanol–water partition coefficient (Wildman–Crippen LogP) is 1.78. The van der Waals surface area contributed by atoms with Gasteiger partial charge in [0.25, 0.3) is 0 Å². The summed E-state index contributed by atoms with van der Waals surface area (Å²) in [5.74, 6) is 0.00601. The molecule has 0 heterocycles. The molecule has 1 aromatic carbocycles. The van der Waals surface area contributed by atoms with Crippen molar-refractivity contribution in [2.45, 2.75) is 26.2 Å². The average molecular weight is 263 g/mol. The van der Waals surface area contributed by atoms with Crippen molar-refractivity contribution in [1.82, 2.24) is 4.90 Å². The SMILES string of the molecule is CCN(CC/C(N)=N/O)C(=O)C(C)c1ccccc1. The minimum atomic E-state index is -0.187. The maximum absolute atomic E-state index is 12.4. The second kappa shape index (κ2) is 7.41. The van der Waals surface area contributed by atoms with E-state index in [4.69, 9.17) is 10.9 Å². The molecule has 0 aliphatic heterocycles. The first-order valence-electron chi connectivity index (χ1n) is 6.40. The lowest BCUT2D eigenvalue weighted by molar-refractivity contribution is -0.132. The summed E-state index contributed by atoms with van der Waals surface area (Å²) in [6, 6.07) is 9.66. The van der Waals surface area contributed by atoms with E-state index in [9.17, 15) is 4.79 Å². The molecule has 19 heavy (non-hydrogen) atoms. The van der Waals surface area contributed by atoms with Crippen molar-refractivity contribution in [2.75, 3.05) is 13.1 Å². The summed E-state index contributed by atoms with van der Waals surface area (Å²) in [6.45, 7) is 4.88. The van der Waals surface area contributed by atoms with Crippen LogP contribution in [-0.4, -0.2) is 34.9 Å². The Kier molecular flexibility index (Phi) is 5.85. The molecule has 0 saturated carbocycles. The summed E-state index contributed by atoms with van der Waals surface area (Å²) in [5.41, 5.74) is 6.42. The van der Waals surface area contributed by atoms with Gasteiger partial charge in [0, 0.05) is 19.5 Å². The summed E-state index contributed by atoms with van der Waals surface area (Å²) in [4.78, 5) is 14.1. The molecule has 0 aromatic heterocycles. The highest BCUT2D eigenvalue weighted by Crippen LogP contribution is 2.17. The number of rotatable bonds is 6.